The van der Waals surface area contributed by atoms with E-state index in [2.05, 4.69) is 15.8 Å². The zero-order chi connectivity index (χ0) is 11.1. The quantitative estimate of drug-likeness (QED) is 0.572. The van der Waals surface area contributed by atoms with E-state index >= 15 is 0 Å². The molecule has 1 rings (SSSR count). The summed E-state index contributed by atoms with van der Waals surface area (Å²) in [6.07, 6.45) is 3.53. The van der Waals surface area contributed by atoms with Crippen molar-refractivity contribution < 1.29 is 9.53 Å². The summed E-state index contributed by atoms with van der Waals surface area (Å²) in [4.78, 5) is 15.6. The van der Waals surface area contributed by atoms with Gasteiger partial charge in [-0.1, -0.05) is 0 Å². The van der Waals surface area contributed by atoms with Gasteiger partial charge in [0.15, 0.2) is 0 Å². The summed E-state index contributed by atoms with van der Waals surface area (Å²) in [5.74, 6) is 0.345. The number of nitriles is 1. The molecule has 15 heavy (non-hydrogen) atoms. The number of hydrogen-bond donors (Lipinski definition) is 0. The Kier molecular flexibility index (Phi) is 4.64. The molecule has 1 aromatic rings. The number of carbonyl (C=O) groups excluding carboxylic acids is 1. The Balaban J connectivity index is 2.51. The fraction of sp³-hybridized carbons (Fsp3) is 0.300. The van der Waals surface area contributed by atoms with E-state index in [0.717, 1.165) is 4.90 Å². The van der Waals surface area contributed by atoms with Crippen molar-refractivity contribution in [3.63, 3.8) is 0 Å². The number of nitrogens with zero attached hydrogens (tertiary/aromatic N) is 2. The van der Waals surface area contributed by atoms with Crippen molar-refractivity contribution in [1.29, 1.82) is 5.26 Å². The molecular weight excluding hydrogens is 212 g/mol. The Hall–Kier alpha value is -1.54. The molecule has 0 atom stereocenters. The number of methoxy groups -OCH3 is 1. The number of esters is 1. The average Bonchev–Trinajstić information content (AvgIpc) is 2.29. The first-order valence-corrected chi connectivity index (χ1v) is 5.30. The van der Waals surface area contributed by atoms with Crippen LogP contribution in [0.2, 0.25) is 0 Å². The molecule has 0 amide bonds. The molecule has 0 aliphatic heterocycles. The summed E-state index contributed by atoms with van der Waals surface area (Å²) in [5.41, 5.74) is 0.583. The molecule has 1 aromatic heterocycles. The van der Waals surface area contributed by atoms with Gasteiger partial charge < -0.3 is 4.74 Å². The van der Waals surface area contributed by atoms with Crippen LogP contribution in [0.1, 0.15) is 12.0 Å². The number of hydrogen-bond acceptors (Lipinski definition) is 5. The van der Waals surface area contributed by atoms with Crippen LogP contribution in [0.25, 0.3) is 0 Å². The van der Waals surface area contributed by atoms with Crippen molar-refractivity contribution in [2.45, 2.75) is 11.3 Å². The Morgan fingerprint density at radius 1 is 1.73 bits per heavy atom. The average molecular weight is 222 g/mol. The fourth-order valence-electron chi connectivity index (χ4n) is 0.934. The molecule has 0 fully saturated rings. The smallest absolute Gasteiger partial charge is 0.306 e. The minimum absolute atomic E-state index is 0.245. The lowest BCUT2D eigenvalue weighted by Gasteiger charge is -2.01. The second-order valence-corrected chi connectivity index (χ2v) is 3.79. The molecule has 0 aliphatic carbocycles. The number of aromatic nitrogens is 1. The predicted molar refractivity (Wildman–Crippen MR) is 56.3 cm³/mol. The summed E-state index contributed by atoms with van der Waals surface area (Å²) in [6.45, 7) is 0. The van der Waals surface area contributed by atoms with Crippen LogP contribution in [0.5, 0.6) is 0 Å². The van der Waals surface area contributed by atoms with Crippen molar-refractivity contribution in [2.75, 3.05) is 12.9 Å². The molecule has 5 heteroatoms. The van der Waals surface area contributed by atoms with Gasteiger partial charge >= 0.3 is 5.97 Å². The maximum absolute atomic E-state index is 10.8. The molecule has 0 bridgehead atoms. The molecule has 0 unspecified atom stereocenters. The lowest BCUT2D eigenvalue weighted by atomic mass is 10.3. The van der Waals surface area contributed by atoms with E-state index < -0.39 is 0 Å². The molecule has 0 saturated heterocycles. The van der Waals surface area contributed by atoms with Gasteiger partial charge in [0, 0.05) is 23.0 Å². The first kappa shape index (κ1) is 11.5. The third-order valence-corrected chi connectivity index (χ3v) is 2.74. The van der Waals surface area contributed by atoms with Gasteiger partial charge in [-0.15, -0.1) is 11.8 Å². The summed E-state index contributed by atoms with van der Waals surface area (Å²) < 4.78 is 4.51. The van der Waals surface area contributed by atoms with Gasteiger partial charge in [-0.2, -0.15) is 5.26 Å². The molecule has 0 aliphatic rings. The van der Waals surface area contributed by atoms with Crippen molar-refractivity contribution in [3.05, 3.63) is 24.0 Å². The van der Waals surface area contributed by atoms with Crippen LogP contribution in [-0.2, 0) is 9.53 Å². The molecule has 1 heterocycles. The van der Waals surface area contributed by atoms with Crippen LogP contribution >= 0.6 is 11.8 Å². The highest BCUT2D eigenvalue weighted by atomic mass is 32.2. The first-order chi connectivity index (χ1) is 7.27. The van der Waals surface area contributed by atoms with Gasteiger partial charge in [-0.05, 0) is 6.07 Å². The Bertz CT molecular complexity index is 387. The monoisotopic (exact) mass is 222 g/mol. The summed E-state index contributed by atoms with van der Waals surface area (Å²) in [5, 5.41) is 8.79. The molecule has 0 radical (unpaired) electrons. The molecule has 0 aromatic carbocycles. The van der Waals surface area contributed by atoms with Crippen LogP contribution in [0.3, 0.4) is 0 Å². The fourth-order valence-corrected chi connectivity index (χ4v) is 1.83. The van der Waals surface area contributed by atoms with Crippen LogP contribution < -0.4 is 0 Å². The van der Waals surface area contributed by atoms with E-state index in [1.54, 1.807) is 18.5 Å². The summed E-state index contributed by atoms with van der Waals surface area (Å²) in [7, 11) is 1.36. The van der Waals surface area contributed by atoms with E-state index in [1.807, 2.05) is 0 Å². The Labute approximate surface area is 92.3 Å². The molecular formula is C10H10N2O2S. The highest BCUT2D eigenvalue weighted by Crippen LogP contribution is 2.21. The van der Waals surface area contributed by atoms with Crippen molar-refractivity contribution in [3.8, 4) is 6.07 Å². The van der Waals surface area contributed by atoms with Crippen LogP contribution in [0.15, 0.2) is 23.4 Å². The number of pyridine rings is 1. The third kappa shape index (κ3) is 3.60. The standard InChI is InChI=1S/C10H10N2O2S/c1-14-10(13)3-5-15-9-7-12-4-2-8(9)6-11/h2,4,7H,3,5H2,1H3. The number of ether oxygens (including phenoxy) is 1. The Morgan fingerprint density at radius 3 is 3.20 bits per heavy atom. The molecule has 0 spiro atoms. The van der Waals surface area contributed by atoms with Gasteiger partial charge in [0.25, 0.3) is 0 Å². The highest BCUT2D eigenvalue weighted by molar-refractivity contribution is 7.99. The van der Waals surface area contributed by atoms with Crippen LogP contribution in [-0.4, -0.2) is 23.8 Å². The van der Waals surface area contributed by atoms with Gasteiger partial charge in [-0.25, -0.2) is 0 Å². The normalized spacial score (nSPS) is 9.33. The zero-order valence-corrected chi connectivity index (χ0v) is 9.08. The van der Waals surface area contributed by atoms with Crippen molar-refractivity contribution >= 4 is 17.7 Å². The van der Waals surface area contributed by atoms with E-state index in [4.69, 9.17) is 5.26 Å². The van der Waals surface area contributed by atoms with E-state index in [9.17, 15) is 4.79 Å². The van der Waals surface area contributed by atoms with E-state index in [1.165, 1.54) is 18.9 Å². The van der Waals surface area contributed by atoms with Crippen molar-refractivity contribution in [2.24, 2.45) is 0 Å². The number of thioether (sulfide) groups is 1. The Morgan fingerprint density at radius 2 is 2.53 bits per heavy atom. The number of rotatable bonds is 4. The highest BCUT2D eigenvalue weighted by Gasteiger charge is 2.04. The predicted octanol–water partition coefficient (Wildman–Crippen LogP) is 1.61. The van der Waals surface area contributed by atoms with Gasteiger partial charge in [0.2, 0.25) is 0 Å². The van der Waals surface area contributed by atoms with Gasteiger partial charge in [-0.3, -0.25) is 9.78 Å². The topological polar surface area (TPSA) is 63.0 Å². The largest absolute Gasteiger partial charge is 0.469 e. The molecule has 78 valence electrons. The SMILES string of the molecule is COC(=O)CCSc1cnccc1C#N. The maximum atomic E-state index is 10.8. The third-order valence-electron chi connectivity index (χ3n) is 1.70. The van der Waals surface area contributed by atoms with E-state index in [0.29, 0.717) is 17.7 Å². The van der Waals surface area contributed by atoms with Crippen LogP contribution in [0.4, 0.5) is 0 Å². The summed E-state index contributed by atoms with van der Waals surface area (Å²) >= 11 is 1.43. The van der Waals surface area contributed by atoms with Crippen LogP contribution in [0, 0.1) is 11.3 Å². The molecule has 4 nitrogen and oxygen atoms in total. The van der Waals surface area contributed by atoms with E-state index in [-0.39, 0.29) is 5.97 Å². The lowest BCUT2D eigenvalue weighted by molar-refractivity contribution is -0.140. The minimum Gasteiger partial charge on any atom is -0.469 e. The zero-order valence-electron chi connectivity index (χ0n) is 8.27. The van der Waals surface area contributed by atoms with Gasteiger partial charge in [0.1, 0.15) is 6.07 Å². The molecule has 0 saturated carbocycles. The second kappa shape index (κ2) is 6.04. The maximum Gasteiger partial charge on any atom is 0.306 e. The lowest BCUT2D eigenvalue weighted by Crippen LogP contribution is -2.01. The molecule has 0 N–H and O–H groups in total. The van der Waals surface area contributed by atoms with Gasteiger partial charge in [0.05, 0.1) is 19.1 Å². The number of carbonyl (C=O) groups is 1. The van der Waals surface area contributed by atoms with Crippen molar-refractivity contribution in [1.82, 2.24) is 4.98 Å². The first-order valence-electron chi connectivity index (χ1n) is 4.31. The minimum atomic E-state index is -0.245. The second-order valence-electron chi connectivity index (χ2n) is 2.66. The summed E-state index contributed by atoms with van der Waals surface area (Å²) in [6, 6.07) is 3.72.